The molecule has 0 rings (SSSR count). The van der Waals surface area contributed by atoms with Crippen molar-refractivity contribution in [3.8, 4) is 0 Å². The van der Waals surface area contributed by atoms with E-state index in [0.29, 0.717) is 6.42 Å². The van der Waals surface area contributed by atoms with Crippen LogP contribution in [0.25, 0.3) is 0 Å². The molecule has 0 aliphatic rings. The number of carbonyl (C=O) groups is 1. The summed E-state index contributed by atoms with van der Waals surface area (Å²) in [7, 11) is 3.48. The number of nitrogens with one attached hydrogen (secondary N) is 2. The van der Waals surface area contributed by atoms with Crippen molar-refractivity contribution in [2.45, 2.75) is 19.4 Å². The molecule has 62 valence electrons. The minimum absolute atomic E-state index is 0. The third kappa shape index (κ3) is 5.85. The minimum Gasteiger partial charge on any atom is -0.359 e. The van der Waals surface area contributed by atoms with Crippen LogP contribution in [0.2, 0.25) is 0 Å². The maximum Gasteiger partial charge on any atom is 0.221 e. The lowest BCUT2D eigenvalue weighted by Crippen LogP contribution is -2.29. The first-order valence-corrected chi connectivity index (χ1v) is 3.08. The van der Waals surface area contributed by atoms with Crippen molar-refractivity contribution in [2.75, 3.05) is 14.1 Å². The highest BCUT2D eigenvalue weighted by atomic mass is 35.5. The molecule has 3 nitrogen and oxygen atoms in total. The highest BCUT2D eigenvalue weighted by Gasteiger charge is 2.02. The Labute approximate surface area is 68.0 Å². The fourth-order valence-electron chi connectivity index (χ4n) is 0.482. The molecular weight excluding hydrogens is 152 g/mol. The first kappa shape index (κ1) is 12.4. The normalized spacial score (nSPS) is 11.5. The summed E-state index contributed by atoms with van der Waals surface area (Å²) in [4.78, 5) is 10.6. The van der Waals surface area contributed by atoms with Gasteiger partial charge in [0.1, 0.15) is 0 Å². The Morgan fingerprint density at radius 1 is 1.50 bits per heavy atom. The van der Waals surface area contributed by atoms with Crippen LogP contribution in [0.1, 0.15) is 13.3 Å². The highest BCUT2D eigenvalue weighted by molar-refractivity contribution is 5.85. The smallest absolute Gasteiger partial charge is 0.221 e. The van der Waals surface area contributed by atoms with Gasteiger partial charge in [0.15, 0.2) is 0 Å². The molecule has 1 amide bonds. The molecular formula is C6H15ClN2O. The summed E-state index contributed by atoms with van der Waals surface area (Å²) in [5, 5.41) is 5.52. The summed E-state index contributed by atoms with van der Waals surface area (Å²) in [6, 6.07) is 0.268. The van der Waals surface area contributed by atoms with Gasteiger partial charge in [-0.05, 0) is 14.0 Å². The number of amides is 1. The molecule has 0 bridgehead atoms. The maximum atomic E-state index is 10.6. The van der Waals surface area contributed by atoms with Gasteiger partial charge in [-0.1, -0.05) is 0 Å². The van der Waals surface area contributed by atoms with E-state index in [4.69, 9.17) is 0 Å². The Kier molecular flexibility index (Phi) is 8.48. The van der Waals surface area contributed by atoms with Crippen LogP contribution in [-0.2, 0) is 4.79 Å². The third-order valence-electron chi connectivity index (χ3n) is 1.26. The van der Waals surface area contributed by atoms with Gasteiger partial charge in [-0.25, -0.2) is 0 Å². The third-order valence-corrected chi connectivity index (χ3v) is 1.26. The van der Waals surface area contributed by atoms with Crippen molar-refractivity contribution in [3.05, 3.63) is 0 Å². The first-order chi connectivity index (χ1) is 4.20. The second-order valence-corrected chi connectivity index (χ2v) is 2.07. The Balaban J connectivity index is 0. The van der Waals surface area contributed by atoms with Crippen LogP contribution >= 0.6 is 12.4 Å². The van der Waals surface area contributed by atoms with E-state index in [0.717, 1.165) is 0 Å². The van der Waals surface area contributed by atoms with Crippen molar-refractivity contribution in [1.29, 1.82) is 0 Å². The van der Waals surface area contributed by atoms with Crippen LogP contribution < -0.4 is 10.6 Å². The summed E-state index contributed by atoms with van der Waals surface area (Å²) in [6.45, 7) is 1.97. The zero-order chi connectivity index (χ0) is 7.28. The van der Waals surface area contributed by atoms with E-state index in [1.165, 1.54) is 0 Å². The lowest BCUT2D eigenvalue weighted by Gasteiger charge is -2.06. The molecule has 0 heterocycles. The second kappa shape index (κ2) is 6.83. The number of rotatable bonds is 3. The van der Waals surface area contributed by atoms with Gasteiger partial charge in [-0.2, -0.15) is 0 Å². The van der Waals surface area contributed by atoms with Gasteiger partial charge in [-0.15, -0.1) is 12.4 Å². The SMILES string of the molecule is CNC(=O)CC(C)NC.Cl. The number of hydrogen-bond acceptors (Lipinski definition) is 2. The van der Waals surface area contributed by atoms with Gasteiger partial charge < -0.3 is 10.6 Å². The lowest BCUT2D eigenvalue weighted by molar-refractivity contribution is -0.120. The highest BCUT2D eigenvalue weighted by Crippen LogP contribution is 1.86. The van der Waals surface area contributed by atoms with E-state index in [1.54, 1.807) is 7.05 Å². The molecule has 0 aromatic heterocycles. The fraction of sp³-hybridized carbons (Fsp3) is 0.833. The molecule has 0 aromatic carbocycles. The molecule has 1 unspecified atom stereocenters. The molecule has 0 radical (unpaired) electrons. The average molecular weight is 167 g/mol. The van der Waals surface area contributed by atoms with Crippen LogP contribution in [-0.4, -0.2) is 26.0 Å². The second-order valence-electron chi connectivity index (χ2n) is 2.07. The number of halogens is 1. The summed E-state index contributed by atoms with van der Waals surface area (Å²) >= 11 is 0. The topological polar surface area (TPSA) is 41.1 Å². The monoisotopic (exact) mass is 166 g/mol. The van der Waals surface area contributed by atoms with Crippen LogP contribution in [0, 0.1) is 0 Å². The predicted octanol–water partition coefficient (Wildman–Crippen LogP) is 0.152. The van der Waals surface area contributed by atoms with Crippen LogP contribution in [0.3, 0.4) is 0 Å². The summed E-state index contributed by atoms with van der Waals surface area (Å²) in [6.07, 6.45) is 0.549. The van der Waals surface area contributed by atoms with Crippen LogP contribution in [0.4, 0.5) is 0 Å². The first-order valence-electron chi connectivity index (χ1n) is 3.08. The van der Waals surface area contributed by atoms with Gasteiger partial charge >= 0.3 is 0 Å². The Bertz CT molecular complexity index is 97.7. The number of hydrogen-bond donors (Lipinski definition) is 2. The maximum absolute atomic E-state index is 10.6. The minimum atomic E-state index is 0. The standard InChI is InChI=1S/C6H14N2O.ClH/c1-5(7-2)4-6(9)8-3;/h5,7H,4H2,1-3H3,(H,8,9);1H. The summed E-state index contributed by atoms with van der Waals surface area (Å²) < 4.78 is 0. The molecule has 0 spiro atoms. The van der Waals surface area contributed by atoms with E-state index in [9.17, 15) is 4.79 Å². The quantitative estimate of drug-likeness (QED) is 0.627. The van der Waals surface area contributed by atoms with Gasteiger partial charge in [0.05, 0.1) is 0 Å². The molecule has 4 heteroatoms. The molecule has 0 aliphatic heterocycles. The van der Waals surface area contributed by atoms with E-state index in [-0.39, 0.29) is 24.4 Å². The Morgan fingerprint density at radius 3 is 2.30 bits per heavy atom. The molecule has 10 heavy (non-hydrogen) atoms. The van der Waals surface area contributed by atoms with Crippen molar-refractivity contribution >= 4 is 18.3 Å². The summed E-state index contributed by atoms with van der Waals surface area (Å²) in [5.41, 5.74) is 0. The van der Waals surface area contributed by atoms with Gasteiger partial charge in [0.2, 0.25) is 5.91 Å². The predicted molar refractivity (Wildman–Crippen MR) is 44.5 cm³/mol. The van der Waals surface area contributed by atoms with Crippen molar-refractivity contribution in [3.63, 3.8) is 0 Å². The number of carbonyl (C=O) groups excluding carboxylic acids is 1. The van der Waals surface area contributed by atoms with Crippen molar-refractivity contribution < 1.29 is 4.79 Å². The molecule has 0 saturated heterocycles. The zero-order valence-corrected chi connectivity index (χ0v) is 7.42. The van der Waals surface area contributed by atoms with Gasteiger partial charge in [-0.3, -0.25) is 4.79 Å². The van der Waals surface area contributed by atoms with E-state index in [1.807, 2.05) is 14.0 Å². The largest absolute Gasteiger partial charge is 0.359 e. The molecule has 0 saturated carbocycles. The van der Waals surface area contributed by atoms with Crippen molar-refractivity contribution in [2.24, 2.45) is 0 Å². The van der Waals surface area contributed by atoms with Crippen molar-refractivity contribution in [1.82, 2.24) is 10.6 Å². The Hall–Kier alpha value is -0.280. The van der Waals surface area contributed by atoms with Gasteiger partial charge in [0.25, 0.3) is 0 Å². The zero-order valence-electron chi connectivity index (χ0n) is 6.60. The van der Waals surface area contributed by atoms with Gasteiger partial charge in [0, 0.05) is 19.5 Å². The average Bonchev–Trinajstić information content (AvgIpc) is 1.87. The molecule has 0 aromatic rings. The van der Waals surface area contributed by atoms with E-state index >= 15 is 0 Å². The molecule has 0 fully saturated rings. The van der Waals surface area contributed by atoms with Crippen LogP contribution in [0.5, 0.6) is 0 Å². The fourth-order valence-corrected chi connectivity index (χ4v) is 0.482. The van der Waals surface area contributed by atoms with E-state index in [2.05, 4.69) is 10.6 Å². The van der Waals surface area contributed by atoms with Crippen LogP contribution in [0.15, 0.2) is 0 Å². The Morgan fingerprint density at radius 2 is 2.00 bits per heavy atom. The van der Waals surface area contributed by atoms with E-state index < -0.39 is 0 Å². The lowest BCUT2D eigenvalue weighted by atomic mass is 10.2. The molecule has 0 aliphatic carbocycles. The molecule has 2 N–H and O–H groups in total. The summed E-state index contributed by atoms with van der Waals surface area (Å²) in [5.74, 6) is 0.0804. The molecule has 1 atom stereocenters.